The van der Waals surface area contributed by atoms with E-state index in [4.69, 9.17) is 9.47 Å². The van der Waals surface area contributed by atoms with Crippen LogP contribution in [0.3, 0.4) is 0 Å². The lowest BCUT2D eigenvalue weighted by Crippen LogP contribution is -2.37. The van der Waals surface area contributed by atoms with Crippen molar-refractivity contribution in [3.8, 4) is 17.2 Å². The molecule has 0 saturated carbocycles. The van der Waals surface area contributed by atoms with Gasteiger partial charge in [-0.1, -0.05) is 24.3 Å². The van der Waals surface area contributed by atoms with Crippen LogP contribution in [-0.2, 0) is 4.79 Å². The van der Waals surface area contributed by atoms with Gasteiger partial charge >= 0.3 is 0 Å². The predicted octanol–water partition coefficient (Wildman–Crippen LogP) is 3.75. The maximum atomic E-state index is 12.8. The van der Waals surface area contributed by atoms with Crippen molar-refractivity contribution in [1.29, 1.82) is 0 Å². The highest BCUT2D eigenvalue weighted by atomic mass is 32.2. The van der Waals surface area contributed by atoms with Gasteiger partial charge in [0.1, 0.15) is 5.69 Å². The molecule has 1 fully saturated rings. The van der Waals surface area contributed by atoms with Crippen LogP contribution in [0.5, 0.6) is 11.5 Å². The summed E-state index contributed by atoms with van der Waals surface area (Å²) in [7, 11) is 1.54. The van der Waals surface area contributed by atoms with Crippen LogP contribution < -0.4 is 14.8 Å². The normalized spacial score (nSPS) is 14.5. The van der Waals surface area contributed by atoms with Crippen LogP contribution in [0, 0.1) is 0 Å². The second kappa shape index (κ2) is 10.9. The van der Waals surface area contributed by atoms with Crippen LogP contribution in [0.25, 0.3) is 11.8 Å². The molecule has 0 bridgehead atoms. The molecule has 10 heteroatoms. The van der Waals surface area contributed by atoms with E-state index in [1.54, 1.807) is 35.2 Å². The van der Waals surface area contributed by atoms with Crippen molar-refractivity contribution < 1.29 is 23.9 Å². The smallest absolute Gasteiger partial charge is 0.293 e. The monoisotopic (exact) mass is 492 g/mol. The maximum absolute atomic E-state index is 12.8. The Hall–Kier alpha value is -4.05. The van der Waals surface area contributed by atoms with E-state index in [2.05, 4.69) is 10.3 Å². The first-order chi connectivity index (χ1) is 17.0. The molecule has 0 spiro atoms. The zero-order valence-corrected chi connectivity index (χ0v) is 20.1. The average molecular weight is 493 g/mol. The van der Waals surface area contributed by atoms with Gasteiger partial charge in [-0.3, -0.25) is 23.9 Å². The Kier molecular flexibility index (Phi) is 7.51. The van der Waals surface area contributed by atoms with Crippen LogP contribution >= 0.6 is 11.8 Å². The zero-order chi connectivity index (χ0) is 24.8. The quantitative estimate of drug-likeness (QED) is 0.454. The van der Waals surface area contributed by atoms with Gasteiger partial charge in [-0.2, -0.15) is 0 Å². The van der Waals surface area contributed by atoms with E-state index in [1.807, 2.05) is 37.3 Å². The van der Waals surface area contributed by atoms with Crippen molar-refractivity contribution in [1.82, 2.24) is 19.8 Å². The number of benzene rings is 2. The second-order valence-corrected chi connectivity index (χ2v) is 8.41. The molecule has 0 radical (unpaired) electrons. The summed E-state index contributed by atoms with van der Waals surface area (Å²) < 4.78 is 12.5. The number of ether oxygens (including phenoxy) is 2. The summed E-state index contributed by atoms with van der Waals surface area (Å²) in [4.78, 5) is 43.4. The van der Waals surface area contributed by atoms with Crippen LogP contribution in [0.15, 0.2) is 66.0 Å². The topological polar surface area (TPSA) is 103 Å². The van der Waals surface area contributed by atoms with E-state index in [1.165, 1.54) is 13.3 Å². The van der Waals surface area contributed by atoms with E-state index in [0.29, 0.717) is 34.3 Å². The molecule has 0 atom stereocenters. The summed E-state index contributed by atoms with van der Waals surface area (Å²) in [6, 6.07) is 14.6. The molecule has 180 valence electrons. The van der Waals surface area contributed by atoms with E-state index in [0.717, 1.165) is 22.3 Å². The number of carbonyl (C=O) groups excluding carboxylic acids is 3. The van der Waals surface area contributed by atoms with Crippen molar-refractivity contribution >= 4 is 34.9 Å². The standard InChI is InChI=1S/C25H24N4O5S/c1-3-34-20-10-9-17(13-21(20)33-2)14-22-24(31)28(25(32)35-22)12-11-27-23(30)19-15-26-16-29(19)18-7-5-4-6-8-18/h4-10,13-16H,3,11-12H2,1-2H3,(H,27,30)/b22-14-. The fourth-order valence-electron chi connectivity index (χ4n) is 3.52. The Morgan fingerprint density at radius 1 is 1.14 bits per heavy atom. The zero-order valence-electron chi connectivity index (χ0n) is 19.3. The van der Waals surface area contributed by atoms with E-state index < -0.39 is 5.91 Å². The summed E-state index contributed by atoms with van der Waals surface area (Å²) in [5.41, 5.74) is 1.87. The molecule has 9 nitrogen and oxygen atoms in total. The molecule has 2 heterocycles. The Labute approximate surface area is 206 Å². The van der Waals surface area contributed by atoms with E-state index >= 15 is 0 Å². The van der Waals surface area contributed by atoms with Gasteiger partial charge in [-0.25, -0.2) is 4.98 Å². The van der Waals surface area contributed by atoms with Gasteiger partial charge in [0.25, 0.3) is 17.1 Å². The first-order valence-electron chi connectivity index (χ1n) is 10.9. The number of imidazole rings is 1. The molecule has 1 N–H and O–H groups in total. The van der Waals surface area contributed by atoms with Gasteiger partial charge in [0.2, 0.25) is 0 Å². The number of carbonyl (C=O) groups is 3. The molecule has 1 aliphatic heterocycles. The fraction of sp³-hybridized carbons (Fsp3) is 0.200. The van der Waals surface area contributed by atoms with Crippen molar-refractivity contribution in [3.05, 3.63) is 77.2 Å². The number of aromatic nitrogens is 2. The highest BCUT2D eigenvalue weighted by Gasteiger charge is 2.34. The molecule has 3 amide bonds. The summed E-state index contributed by atoms with van der Waals surface area (Å²) >= 11 is 0.861. The van der Waals surface area contributed by atoms with Crippen molar-refractivity contribution in [3.63, 3.8) is 0 Å². The number of methoxy groups -OCH3 is 1. The lowest BCUT2D eigenvalue weighted by molar-refractivity contribution is -0.122. The molecule has 4 rings (SSSR count). The number of amides is 3. The minimum absolute atomic E-state index is 0.0554. The highest BCUT2D eigenvalue weighted by molar-refractivity contribution is 8.18. The van der Waals surface area contributed by atoms with Crippen molar-refractivity contribution in [2.24, 2.45) is 0 Å². The predicted molar refractivity (Wildman–Crippen MR) is 133 cm³/mol. The van der Waals surface area contributed by atoms with Gasteiger partial charge in [0.15, 0.2) is 11.5 Å². The Morgan fingerprint density at radius 2 is 1.94 bits per heavy atom. The van der Waals surface area contributed by atoms with Gasteiger partial charge in [0.05, 0.1) is 31.1 Å². The molecule has 3 aromatic rings. The van der Waals surface area contributed by atoms with Crippen LogP contribution in [-0.4, -0.2) is 58.3 Å². The minimum Gasteiger partial charge on any atom is -0.493 e. The second-order valence-electron chi connectivity index (χ2n) is 7.42. The number of imide groups is 1. The Morgan fingerprint density at radius 3 is 2.69 bits per heavy atom. The lowest BCUT2D eigenvalue weighted by atomic mass is 10.2. The van der Waals surface area contributed by atoms with Gasteiger partial charge in [-0.05, 0) is 54.6 Å². The third-order valence-electron chi connectivity index (χ3n) is 5.19. The molecule has 0 aliphatic carbocycles. The SMILES string of the molecule is CCOc1ccc(/C=C2\SC(=O)N(CCNC(=O)c3cncn3-c3ccccc3)C2=O)cc1OC. The number of hydrogen-bond donors (Lipinski definition) is 1. The Balaban J connectivity index is 1.39. The van der Waals surface area contributed by atoms with Crippen molar-refractivity contribution in [2.75, 3.05) is 26.8 Å². The van der Waals surface area contributed by atoms with Gasteiger partial charge < -0.3 is 14.8 Å². The molecule has 35 heavy (non-hydrogen) atoms. The van der Waals surface area contributed by atoms with E-state index in [9.17, 15) is 14.4 Å². The van der Waals surface area contributed by atoms with Gasteiger partial charge in [0, 0.05) is 18.8 Å². The third kappa shape index (κ3) is 5.38. The summed E-state index contributed by atoms with van der Waals surface area (Å²) in [6.45, 7) is 2.55. The molecule has 2 aromatic carbocycles. The maximum Gasteiger partial charge on any atom is 0.293 e. The van der Waals surface area contributed by atoms with Crippen LogP contribution in [0.4, 0.5) is 4.79 Å². The number of nitrogens with one attached hydrogen (secondary N) is 1. The average Bonchev–Trinajstić information content (AvgIpc) is 3.46. The molecular weight excluding hydrogens is 468 g/mol. The molecule has 1 aliphatic rings. The van der Waals surface area contributed by atoms with E-state index in [-0.39, 0.29) is 24.2 Å². The lowest BCUT2D eigenvalue weighted by Gasteiger charge is -2.13. The summed E-state index contributed by atoms with van der Waals surface area (Å²) in [5.74, 6) is 0.383. The fourth-order valence-corrected chi connectivity index (χ4v) is 4.39. The minimum atomic E-state index is -0.406. The Bertz CT molecular complexity index is 1270. The first kappa shape index (κ1) is 24.1. The molecule has 1 aromatic heterocycles. The summed E-state index contributed by atoms with van der Waals surface area (Å²) in [5, 5.41) is 2.37. The molecule has 1 saturated heterocycles. The van der Waals surface area contributed by atoms with Crippen molar-refractivity contribution in [2.45, 2.75) is 6.92 Å². The number of para-hydroxylation sites is 1. The number of nitrogens with zero attached hydrogens (tertiary/aromatic N) is 3. The molecule has 0 unspecified atom stereocenters. The largest absolute Gasteiger partial charge is 0.493 e. The first-order valence-corrected chi connectivity index (χ1v) is 11.8. The number of thioether (sulfide) groups is 1. The van der Waals surface area contributed by atoms with Gasteiger partial charge in [-0.15, -0.1) is 0 Å². The summed E-state index contributed by atoms with van der Waals surface area (Å²) in [6.07, 6.45) is 4.66. The van der Waals surface area contributed by atoms with Crippen LogP contribution in [0.2, 0.25) is 0 Å². The molecular formula is C25H24N4O5S. The number of rotatable bonds is 9. The third-order valence-corrected chi connectivity index (χ3v) is 6.09. The van der Waals surface area contributed by atoms with Crippen LogP contribution in [0.1, 0.15) is 23.0 Å². The highest BCUT2D eigenvalue weighted by Crippen LogP contribution is 2.34. The number of hydrogen-bond acceptors (Lipinski definition) is 7.